The summed E-state index contributed by atoms with van der Waals surface area (Å²) in [5.41, 5.74) is 1.48. The maximum atomic E-state index is 2.25. The minimum absolute atomic E-state index is 1.25. The summed E-state index contributed by atoms with van der Waals surface area (Å²) in [6, 6.07) is 22.7. The number of aryl methyl sites for hydroxylation is 1. The first-order valence-electron chi connectivity index (χ1n) is 6.97. The van der Waals surface area contributed by atoms with Gasteiger partial charge < -0.3 is 0 Å². The summed E-state index contributed by atoms with van der Waals surface area (Å²) in [6.45, 7) is 2.25. The van der Waals surface area contributed by atoms with E-state index >= 15 is 0 Å². The zero-order valence-electron chi connectivity index (χ0n) is 11.4. The molecule has 0 aliphatic rings. The standard InChI is InChI=1S/C12H18.C6H6/c1-2-3-4-6-9-12-10-7-5-8-11-12;1-2-4-6-5-3-1/h5,7-8,10-11H,2-4,6,9H2,1H3;1-6H. The molecule has 0 saturated carbocycles. The highest BCUT2D eigenvalue weighted by atomic mass is 14.0. The Hall–Kier alpha value is -1.56. The molecule has 0 fully saturated rings. The average Bonchev–Trinajstić information content (AvgIpc) is 2.47. The topological polar surface area (TPSA) is 0 Å². The van der Waals surface area contributed by atoms with Crippen LogP contribution in [0.15, 0.2) is 66.7 Å². The number of benzene rings is 2. The highest BCUT2D eigenvalue weighted by Crippen LogP contribution is 2.06. The van der Waals surface area contributed by atoms with Crippen molar-refractivity contribution in [3.8, 4) is 0 Å². The maximum Gasteiger partial charge on any atom is -0.0279 e. The number of unbranched alkanes of at least 4 members (excludes halogenated alkanes) is 3. The van der Waals surface area contributed by atoms with Gasteiger partial charge in [0.1, 0.15) is 0 Å². The molecule has 0 amide bonds. The lowest BCUT2D eigenvalue weighted by molar-refractivity contribution is 0.667. The highest BCUT2D eigenvalue weighted by molar-refractivity contribution is 5.14. The van der Waals surface area contributed by atoms with E-state index in [9.17, 15) is 0 Å². The molecule has 0 aromatic heterocycles. The molecule has 0 atom stereocenters. The van der Waals surface area contributed by atoms with Gasteiger partial charge in [-0.15, -0.1) is 0 Å². The first-order chi connectivity index (χ1) is 8.93. The van der Waals surface area contributed by atoms with Gasteiger partial charge in [-0.2, -0.15) is 0 Å². The molecule has 0 heteroatoms. The number of hydrogen-bond acceptors (Lipinski definition) is 0. The Kier molecular flexibility index (Phi) is 8.53. The Morgan fingerprint density at radius 1 is 0.611 bits per heavy atom. The molecule has 0 saturated heterocycles. The van der Waals surface area contributed by atoms with E-state index in [1.165, 1.54) is 37.7 Å². The van der Waals surface area contributed by atoms with Gasteiger partial charge in [0.2, 0.25) is 0 Å². The fourth-order valence-corrected chi connectivity index (χ4v) is 1.79. The van der Waals surface area contributed by atoms with Gasteiger partial charge in [-0.1, -0.05) is 92.9 Å². The third kappa shape index (κ3) is 7.67. The van der Waals surface area contributed by atoms with Crippen molar-refractivity contribution in [2.24, 2.45) is 0 Å². The van der Waals surface area contributed by atoms with Crippen molar-refractivity contribution in [3.63, 3.8) is 0 Å². The number of hydrogen-bond donors (Lipinski definition) is 0. The zero-order valence-corrected chi connectivity index (χ0v) is 11.4. The molecule has 0 aliphatic carbocycles. The lowest BCUT2D eigenvalue weighted by Crippen LogP contribution is -1.84. The normalized spacial score (nSPS) is 9.39. The van der Waals surface area contributed by atoms with Gasteiger partial charge in [0, 0.05) is 0 Å². The van der Waals surface area contributed by atoms with Crippen LogP contribution in [0.1, 0.15) is 38.2 Å². The molecule has 2 rings (SSSR count). The summed E-state index contributed by atoms with van der Waals surface area (Å²) < 4.78 is 0. The van der Waals surface area contributed by atoms with Crippen molar-refractivity contribution in [2.45, 2.75) is 39.0 Å². The van der Waals surface area contributed by atoms with E-state index < -0.39 is 0 Å². The molecule has 0 nitrogen and oxygen atoms in total. The molecule has 18 heavy (non-hydrogen) atoms. The summed E-state index contributed by atoms with van der Waals surface area (Å²) in [5, 5.41) is 0. The van der Waals surface area contributed by atoms with Crippen LogP contribution in [-0.2, 0) is 6.42 Å². The van der Waals surface area contributed by atoms with Crippen LogP contribution in [0.5, 0.6) is 0 Å². The lowest BCUT2D eigenvalue weighted by Gasteiger charge is -1.99. The first kappa shape index (κ1) is 14.5. The third-order valence-corrected chi connectivity index (χ3v) is 2.83. The van der Waals surface area contributed by atoms with E-state index in [0.717, 1.165) is 0 Å². The molecule has 2 aromatic carbocycles. The van der Waals surface area contributed by atoms with Crippen molar-refractivity contribution in [1.29, 1.82) is 0 Å². The molecule has 0 bridgehead atoms. The van der Waals surface area contributed by atoms with Gasteiger partial charge in [-0.05, 0) is 18.4 Å². The molecule has 0 unspecified atom stereocenters. The van der Waals surface area contributed by atoms with Gasteiger partial charge in [0.05, 0.1) is 0 Å². The van der Waals surface area contributed by atoms with Crippen LogP contribution in [0.4, 0.5) is 0 Å². The fraction of sp³-hybridized carbons (Fsp3) is 0.333. The van der Waals surface area contributed by atoms with Crippen molar-refractivity contribution < 1.29 is 0 Å². The van der Waals surface area contributed by atoms with Crippen LogP contribution < -0.4 is 0 Å². The summed E-state index contributed by atoms with van der Waals surface area (Å²) in [7, 11) is 0. The third-order valence-electron chi connectivity index (χ3n) is 2.83. The van der Waals surface area contributed by atoms with E-state index in [4.69, 9.17) is 0 Å². The molecular weight excluding hydrogens is 216 g/mol. The average molecular weight is 240 g/mol. The Labute approximate surface area is 112 Å². The summed E-state index contributed by atoms with van der Waals surface area (Å²) in [4.78, 5) is 0. The highest BCUT2D eigenvalue weighted by Gasteiger charge is 1.90. The minimum atomic E-state index is 1.25. The zero-order chi connectivity index (χ0) is 12.9. The second-order valence-electron chi connectivity index (χ2n) is 4.45. The summed E-state index contributed by atoms with van der Waals surface area (Å²) in [5.74, 6) is 0. The molecule has 0 aliphatic heterocycles. The largest absolute Gasteiger partial charge is 0.0654 e. The molecule has 2 aromatic rings. The first-order valence-corrected chi connectivity index (χ1v) is 6.97. The smallest absolute Gasteiger partial charge is 0.0279 e. The Bertz CT molecular complexity index is 337. The van der Waals surface area contributed by atoms with E-state index in [1.807, 2.05) is 36.4 Å². The number of rotatable bonds is 5. The van der Waals surface area contributed by atoms with Crippen molar-refractivity contribution in [3.05, 3.63) is 72.3 Å². The van der Waals surface area contributed by atoms with E-state index in [0.29, 0.717) is 0 Å². The molecule has 0 radical (unpaired) electrons. The fourth-order valence-electron chi connectivity index (χ4n) is 1.79. The predicted molar refractivity (Wildman–Crippen MR) is 80.7 cm³/mol. The quantitative estimate of drug-likeness (QED) is 0.606. The molecule has 96 valence electrons. The van der Waals surface area contributed by atoms with Crippen LogP contribution in [0.25, 0.3) is 0 Å². The Morgan fingerprint density at radius 2 is 1.11 bits per heavy atom. The summed E-state index contributed by atoms with van der Waals surface area (Å²) >= 11 is 0. The van der Waals surface area contributed by atoms with Crippen LogP contribution in [0, 0.1) is 0 Å². The molecule has 0 N–H and O–H groups in total. The van der Waals surface area contributed by atoms with E-state index in [-0.39, 0.29) is 0 Å². The Balaban J connectivity index is 0.000000225. The monoisotopic (exact) mass is 240 g/mol. The predicted octanol–water partition coefficient (Wildman–Crippen LogP) is 5.50. The molecule has 0 heterocycles. The van der Waals surface area contributed by atoms with Gasteiger partial charge in [-0.3, -0.25) is 0 Å². The van der Waals surface area contributed by atoms with Gasteiger partial charge in [0.25, 0.3) is 0 Å². The van der Waals surface area contributed by atoms with Crippen LogP contribution in [0.2, 0.25) is 0 Å². The lowest BCUT2D eigenvalue weighted by atomic mass is 10.1. The maximum absolute atomic E-state index is 2.25. The van der Waals surface area contributed by atoms with Crippen LogP contribution >= 0.6 is 0 Å². The Morgan fingerprint density at radius 3 is 1.61 bits per heavy atom. The van der Waals surface area contributed by atoms with Gasteiger partial charge in [-0.25, -0.2) is 0 Å². The minimum Gasteiger partial charge on any atom is -0.0654 e. The van der Waals surface area contributed by atoms with Crippen LogP contribution in [0.3, 0.4) is 0 Å². The summed E-state index contributed by atoms with van der Waals surface area (Å²) in [6.07, 6.45) is 6.69. The SMILES string of the molecule is CCCCCCc1ccccc1.c1ccccc1. The van der Waals surface area contributed by atoms with E-state index in [2.05, 4.69) is 37.3 Å². The molecular formula is C18H24. The van der Waals surface area contributed by atoms with Crippen molar-refractivity contribution in [1.82, 2.24) is 0 Å². The second kappa shape index (κ2) is 10.6. The molecule has 0 spiro atoms. The van der Waals surface area contributed by atoms with Crippen LogP contribution in [-0.4, -0.2) is 0 Å². The van der Waals surface area contributed by atoms with Gasteiger partial charge in [0.15, 0.2) is 0 Å². The van der Waals surface area contributed by atoms with Crippen molar-refractivity contribution in [2.75, 3.05) is 0 Å². The second-order valence-corrected chi connectivity index (χ2v) is 4.45. The van der Waals surface area contributed by atoms with Gasteiger partial charge >= 0.3 is 0 Å². The van der Waals surface area contributed by atoms with Crippen molar-refractivity contribution >= 4 is 0 Å². The van der Waals surface area contributed by atoms with E-state index in [1.54, 1.807) is 0 Å².